The van der Waals surface area contributed by atoms with Gasteiger partial charge >= 0.3 is 0 Å². The summed E-state index contributed by atoms with van der Waals surface area (Å²) in [7, 11) is 0. The van der Waals surface area contributed by atoms with Crippen LogP contribution in [-0.2, 0) is 13.2 Å². The molecule has 90 valence electrons. The number of hydrogen-bond donors (Lipinski definition) is 1. The second kappa shape index (κ2) is 5.29. The zero-order valence-electron chi connectivity index (χ0n) is 10.1. The highest BCUT2D eigenvalue weighted by Gasteiger charge is 2.04. The second-order valence-electron chi connectivity index (χ2n) is 3.96. The molecule has 0 amide bonds. The monoisotopic (exact) mass is 248 g/mol. The number of benzene rings is 1. The van der Waals surface area contributed by atoms with Crippen molar-refractivity contribution in [3.05, 3.63) is 45.4 Å². The number of thiazole rings is 1. The summed E-state index contributed by atoms with van der Waals surface area (Å²) >= 11 is 1.64. The lowest BCUT2D eigenvalue weighted by molar-refractivity contribution is 0.299. The molecule has 17 heavy (non-hydrogen) atoms. The number of rotatable bonds is 4. The number of aryl methyl sites for hydroxylation is 2. The van der Waals surface area contributed by atoms with Crippen LogP contribution >= 0.6 is 11.3 Å². The van der Waals surface area contributed by atoms with E-state index in [-0.39, 0.29) is 0 Å². The van der Waals surface area contributed by atoms with Gasteiger partial charge < -0.3 is 10.5 Å². The molecule has 3 nitrogen and oxygen atoms in total. The lowest BCUT2D eigenvalue weighted by atomic mass is 10.1. The van der Waals surface area contributed by atoms with E-state index in [4.69, 9.17) is 10.5 Å². The Kier molecular flexibility index (Phi) is 3.76. The van der Waals surface area contributed by atoms with Crippen LogP contribution < -0.4 is 10.5 Å². The molecule has 1 aromatic carbocycles. The normalized spacial score (nSPS) is 10.5. The Morgan fingerprint density at radius 2 is 2.18 bits per heavy atom. The van der Waals surface area contributed by atoms with Gasteiger partial charge in [-0.3, -0.25) is 0 Å². The average molecular weight is 248 g/mol. The van der Waals surface area contributed by atoms with E-state index in [2.05, 4.69) is 11.1 Å². The van der Waals surface area contributed by atoms with E-state index < -0.39 is 0 Å². The zero-order chi connectivity index (χ0) is 12.3. The number of nitrogens with zero attached hydrogens (tertiary/aromatic N) is 1. The van der Waals surface area contributed by atoms with Crippen molar-refractivity contribution in [2.45, 2.75) is 27.0 Å². The van der Waals surface area contributed by atoms with Crippen LogP contribution in [0.15, 0.2) is 23.6 Å². The Morgan fingerprint density at radius 3 is 2.82 bits per heavy atom. The smallest absolute Gasteiger partial charge is 0.131 e. The van der Waals surface area contributed by atoms with Crippen LogP contribution in [-0.4, -0.2) is 4.98 Å². The first-order chi connectivity index (χ1) is 8.19. The van der Waals surface area contributed by atoms with Crippen LogP contribution in [0.2, 0.25) is 0 Å². The number of aromatic nitrogens is 1. The highest BCUT2D eigenvalue weighted by molar-refractivity contribution is 7.09. The predicted octanol–water partition coefficient (Wildman–Crippen LogP) is 2.80. The number of hydrogen-bond acceptors (Lipinski definition) is 4. The maximum atomic E-state index is 5.75. The third kappa shape index (κ3) is 3.05. The summed E-state index contributed by atoms with van der Waals surface area (Å²) in [6.07, 6.45) is 0. The first kappa shape index (κ1) is 12.1. The van der Waals surface area contributed by atoms with Gasteiger partial charge in [-0.1, -0.05) is 17.7 Å². The summed E-state index contributed by atoms with van der Waals surface area (Å²) in [5, 5.41) is 3.08. The van der Waals surface area contributed by atoms with E-state index in [1.807, 2.05) is 31.4 Å². The molecule has 0 unspecified atom stereocenters. The van der Waals surface area contributed by atoms with Gasteiger partial charge in [-0.05, 0) is 19.9 Å². The predicted molar refractivity (Wildman–Crippen MR) is 70.3 cm³/mol. The third-order valence-corrected chi connectivity index (χ3v) is 3.30. The van der Waals surface area contributed by atoms with E-state index in [1.54, 1.807) is 11.3 Å². The van der Waals surface area contributed by atoms with E-state index >= 15 is 0 Å². The fourth-order valence-corrected chi connectivity index (χ4v) is 2.23. The largest absolute Gasteiger partial charge is 0.487 e. The fourth-order valence-electron chi connectivity index (χ4n) is 1.63. The minimum Gasteiger partial charge on any atom is -0.487 e. The Bertz CT molecular complexity index is 508. The van der Waals surface area contributed by atoms with Crippen molar-refractivity contribution in [2.24, 2.45) is 5.73 Å². The first-order valence-corrected chi connectivity index (χ1v) is 6.40. The van der Waals surface area contributed by atoms with E-state index in [0.29, 0.717) is 13.2 Å². The molecule has 0 aliphatic carbocycles. The average Bonchev–Trinajstić information content (AvgIpc) is 2.73. The third-order valence-electron chi connectivity index (χ3n) is 2.48. The van der Waals surface area contributed by atoms with Gasteiger partial charge in [0.1, 0.15) is 12.4 Å². The summed E-state index contributed by atoms with van der Waals surface area (Å²) < 4.78 is 5.75. The fraction of sp³-hybridized carbons (Fsp3) is 0.308. The van der Waals surface area contributed by atoms with Crippen LogP contribution in [0.25, 0.3) is 0 Å². The van der Waals surface area contributed by atoms with Gasteiger partial charge in [0.2, 0.25) is 0 Å². The minimum absolute atomic E-state index is 0.493. The number of nitrogens with two attached hydrogens (primary N) is 1. The van der Waals surface area contributed by atoms with Crippen molar-refractivity contribution in [1.29, 1.82) is 0 Å². The molecule has 0 fully saturated rings. The van der Waals surface area contributed by atoms with Crippen LogP contribution in [0.4, 0.5) is 0 Å². The van der Waals surface area contributed by atoms with E-state index in [0.717, 1.165) is 22.0 Å². The van der Waals surface area contributed by atoms with Gasteiger partial charge in [0.05, 0.1) is 10.7 Å². The minimum atomic E-state index is 0.493. The zero-order valence-corrected chi connectivity index (χ0v) is 10.9. The Hall–Kier alpha value is -1.39. The molecule has 0 spiro atoms. The molecule has 0 saturated carbocycles. The molecule has 0 aliphatic rings. The molecule has 2 rings (SSSR count). The summed E-state index contributed by atoms with van der Waals surface area (Å²) in [4.78, 5) is 4.36. The lowest BCUT2D eigenvalue weighted by Gasteiger charge is -2.10. The molecular formula is C13H16N2OS. The maximum Gasteiger partial charge on any atom is 0.131 e. The summed E-state index contributed by atoms with van der Waals surface area (Å²) in [5.41, 5.74) is 8.90. The Morgan fingerprint density at radius 1 is 1.35 bits per heavy atom. The topological polar surface area (TPSA) is 48.1 Å². The molecule has 1 aromatic heterocycles. The summed E-state index contributed by atoms with van der Waals surface area (Å²) in [6, 6.07) is 6.05. The van der Waals surface area contributed by atoms with E-state index in [9.17, 15) is 0 Å². The standard InChI is InChI=1S/C13H16N2OS/c1-9-3-4-13(11(5-9)6-14)16-7-12-8-17-10(2)15-12/h3-5,8H,6-7,14H2,1-2H3. The molecule has 0 radical (unpaired) electrons. The second-order valence-corrected chi connectivity index (χ2v) is 5.02. The quantitative estimate of drug-likeness (QED) is 0.905. The lowest BCUT2D eigenvalue weighted by Crippen LogP contribution is -2.03. The van der Waals surface area contributed by atoms with Crippen molar-refractivity contribution in [1.82, 2.24) is 4.98 Å². The molecule has 2 N–H and O–H groups in total. The van der Waals surface area contributed by atoms with Gasteiger partial charge in [0.25, 0.3) is 0 Å². The van der Waals surface area contributed by atoms with Crippen LogP contribution in [0.3, 0.4) is 0 Å². The van der Waals surface area contributed by atoms with E-state index in [1.165, 1.54) is 5.56 Å². The Labute approximate surface area is 105 Å². The van der Waals surface area contributed by atoms with Crippen molar-refractivity contribution < 1.29 is 4.74 Å². The molecule has 0 atom stereocenters. The molecule has 4 heteroatoms. The van der Waals surface area contributed by atoms with Gasteiger partial charge in [-0.25, -0.2) is 4.98 Å². The first-order valence-electron chi connectivity index (χ1n) is 5.52. The molecule has 0 saturated heterocycles. The maximum absolute atomic E-state index is 5.75. The summed E-state index contributed by atoms with van der Waals surface area (Å²) in [6.45, 7) is 5.03. The van der Waals surface area contributed by atoms with Gasteiger partial charge in [-0.2, -0.15) is 0 Å². The van der Waals surface area contributed by atoms with Crippen molar-refractivity contribution in [2.75, 3.05) is 0 Å². The van der Waals surface area contributed by atoms with Crippen molar-refractivity contribution >= 4 is 11.3 Å². The highest BCUT2D eigenvalue weighted by Crippen LogP contribution is 2.21. The Balaban J connectivity index is 2.08. The van der Waals surface area contributed by atoms with Crippen molar-refractivity contribution in [3.63, 3.8) is 0 Å². The summed E-state index contributed by atoms with van der Waals surface area (Å²) in [5.74, 6) is 0.851. The highest BCUT2D eigenvalue weighted by atomic mass is 32.1. The van der Waals surface area contributed by atoms with Gasteiger partial charge in [-0.15, -0.1) is 11.3 Å². The van der Waals surface area contributed by atoms with Crippen LogP contribution in [0.1, 0.15) is 21.8 Å². The molecule has 0 aliphatic heterocycles. The molecule has 0 bridgehead atoms. The molecule has 2 aromatic rings. The van der Waals surface area contributed by atoms with Gasteiger partial charge in [0.15, 0.2) is 0 Å². The van der Waals surface area contributed by atoms with Gasteiger partial charge in [0, 0.05) is 17.5 Å². The SMILES string of the molecule is Cc1ccc(OCc2csc(C)n2)c(CN)c1. The van der Waals surface area contributed by atoms with Crippen LogP contribution in [0, 0.1) is 13.8 Å². The molecular weight excluding hydrogens is 232 g/mol. The van der Waals surface area contributed by atoms with Crippen molar-refractivity contribution in [3.8, 4) is 5.75 Å². The number of ether oxygens (including phenoxy) is 1. The van der Waals surface area contributed by atoms with Crippen LogP contribution in [0.5, 0.6) is 5.75 Å². The molecule has 1 heterocycles.